The van der Waals surface area contributed by atoms with Crippen molar-refractivity contribution in [1.82, 2.24) is 10.2 Å². The van der Waals surface area contributed by atoms with Crippen molar-refractivity contribution in [3.63, 3.8) is 0 Å². The van der Waals surface area contributed by atoms with Gasteiger partial charge in [-0.15, -0.1) is 0 Å². The second-order valence-corrected chi connectivity index (χ2v) is 6.05. The Morgan fingerprint density at radius 1 is 1.28 bits per heavy atom. The van der Waals surface area contributed by atoms with Crippen molar-refractivity contribution in [2.75, 3.05) is 20.2 Å². The predicted molar refractivity (Wildman–Crippen MR) is 91.2 cm³/mol. The molecule has 2 amide bonds. The van der Waals surface area contributed by atoms with Gasteiger partial charge in [0.25, 0.3) is 11.8 Å². The van der Waals surface area contributed by atoms with Crippen molar-refractivity contribution < 1.29 is 18.7 Å². The van der Waals surface area contributed by atoms with Crippen molar-refractivity contribution in [2.24, 2.45) is 0 Å². The summed E-state index contributed by atoms with van der Waals surface area (Å²) in [6.45, 7) is 2.99. The summed E-state index contributed by atoms with van der Waals surface area (Å²) < 4.78 is 18.7. The Labute approximate surface area is 145 Å². The van der Waals surface area contributed by atoms with E-state index in [2.05, 4.69) is 5.32 Å². The summed E-state index contributed by atoms with van der Waals surface area (Å²) in [4.78, 5) is 26.3. The van der Waals surface area contributed by atoms with Gasteiger partial charge in [-0.3, -0.25) is 9.59 Å². The molecular weight excluding hydrogens is 323 g/mol. The van der Waals surface area contributed by atoms with Gasteiger partial charge in [-0.2, -0.15) is 0 Å². The van der Waals surface area contributed by atoms with E-state index in [9.17, 15) is 14.0 Å². The average molecular weight is 342 g/mol. The maximum atomic E-state index is 13.2. The van der Waals surface area contributed by atoms with Crippen LogP contribution < -0.4 is 10.1 Å². The average Bonchev–Trinajstić information content (AvgIpc) is 2.78. The molecule has 1 heterocycles. The fourth-order valence-electron chi connectivity index (χ4n) is 2.77. The third kappa shape index (κ3) is 3.63. The highest BCUT2D eigenvalue weighted by molar-refractivity contribution is 6.01. The van der Waals surface area contributed by atoms with Crippen molar-refractivity contribution in [3.8, 4) is 5.75 Å². The molecule has 3 rings (SSSR count). The van der Waals surface area contributed by atoms with Gasteiger partial charge in [0.1, 0.15) is 18.2 Å². The lowest BCUT2D eigenvalue weighted by atomic mass is 10.1. The Bertz CT molecular complexity index is 835. The molecule has 5 nitrogen and oxygen atoms in total. The Kier molecular flexibility index (Phi) is 4.70. The zero-order chi connectivity index (χ0) is 18.0. The molecular formula is C19H19FN2O3. The summed E-state index contributed by atoms with van der Waals surface area (Å²) in [5.74, 6) is -0.293. The molecule has 0 radical (unpaired) electrons. The molecule has 2 aromatic rings. The third-order valence-corrected chi connectivity index (χ3v) is 4.18. The normalized spacial score (nSPS) is 13.3. The number of hydrogen-bond donors (Lipinski definition) is 1. The molecule has 0 fully saturated rings. The van der Waals surface area contributed by atoms with Crippen LogP contribution >= 0.6 is 0 Å². The minimum atomic E-state index is -0.299. The van der Waals surface area contributed by atoms with E-state index in [0.29, 0.717) is 36.6 Å². The largest absolute Gasteiger partial charge is 0.491 e. The number of carbonyl (C=O) groups is 2. The second kappa shape index (κ2) is 6.93. The Morgan fingerprint density at radius 2 is 2.08 bits per heavy atom. The lowest BCUT2D eigenvalue weighted by Gasteiger charge is -2.19. The molecule has 130 valence electrons. The number of aryl methyl sites for hydroxylation is 1. The van der Waals surface area contributed by atoms with Crippen LogP contribution in [-0.2, 0) is 6.54 Å². The highest BCUT2D eigenvalue weighted by Crippen LogP contribution is 2.23. The number of hydrogen-bond acceptors (Lipinski definition) is 3. The first-order valence-corrected chi connectivity index (χ1v) is 8.01. The molecule has 0 bridgehead atoms. The number of amides is 2. The summed E-state index contributed by atoms with van der Waals surface area (Å²) in [7, 11) is 1.67. The Balaban J connectivity index is 1.81. The van der Waals surface area contributed by atoms with Crippen LogP contribution in [-0.4, -0.2) is 36.9 Å². The van der Waals surface area contributed by atoms with E-state index in [1.165, 1.54) is 17.0 Å². The van der Waals surface area contributed by atoms with E-state index in [4.69, 9.17) is 4.74 Å². The van der Waals surface area contributed by atoms with E-state index in [1.54, 1.807) is 38.2 Å². The lowest BCUT2D eigenvalue weighted by Crippen LogP contribution is -2.27. The van der Waals surface area contributed by atoms with Crippen molar-refractivity contribution in [3.05, 3.63) is 64.5 Å². The molecule has 0 saturated heterocycles. The lowest BCUT2D eigenvalue weighted by molar-refractivity contribution is 0.0785. The van der Waals surface area contributed by atoms with E-state index < -0.39 is 0 Å². The van der Waals surface area contributed by atoms with Crippen LogP contribution in [0.1, 0.15) is 31.8 Å². The molecule has 0 unspecified atom stereocenters. The molecule has 0 saturated carbocycles. The van der Waals surface area contributed by atoms with Gasteiger partial charge in [-0.1, -0.05) is 6.07 Å². The maximum Gasteiger partial charge on any atom is 0.255 e. The minimum absolute atomic E-state index is 0.219. The summed E-state index contributed by atoms with van der Waals surface area (Å²) in [6, 6.07) is 9.33. The SMILES string of the molecule is Cc1cc(F)ccc1CN(C)C(=O)c1ccc2c(c1)C(=O)NCCO2. The number of carbonyl (C=O) groups excluding carboxylic acids is 2. The first-order valence-electron chi connectivity index (χ1n) is 8.01. The zero-order valence-electron chi connectivity index (χ0n) is 14.1. The molecule has 0 aromatic heterocycles. The second-order valence-electron chi connectivity index (χ2n) is 6.05. The van der Waals surface area contributed by atoms with Gasteiger partial charge in [-0.25, -0.2) is 4.39 Å². The number of fused-ring (bicyclic) bond motifs is 1. The fourth-order valence-corrected chi connectivity index (χ4v) is 2.77. The van der Waals surface area contributed by atoms with Crippen LogP contribution in [0, 0.1) is 12.7 Å². The highest BCUT2D eigenvalue weighted by Gasteiger charge is 2.20. The predicted octanol–water partition coefficient (Wildman–Crippen LogP) is 2.53. The topological polar surface area (TPSA) is 58.6 Å². The van der Waals surface area contributed by atoms with E-state index in [-0.39, 0.29) is 17.6 Å². The molecule has 0 atom stereocenters. The number of rotatable bonds is 3. The van der Waals surface area contributed by atoms with Gasteiger partial charge in [0.05, 0.1) is 12.1 Å². The Hall–Kier alpha value is -2.89. The standard InChI is InChI=1S/C19H19FN2O3/c1-12-9-15(20)5-3-14(12)11-22(2)19(24)13-4-6-17-16(10-13)18(23)21-7-8-25-17/h3-6,9-10H,7-8,11H2,1-2H3,(H,21,23). The molecule has 1 N–H and O–H groups in total. The summed E-state index contributed by atoms with van der Waals surface area (Å²) >= 11 is 0. The number of ether oxygens (including phenoxy) is 1. The summed E-state index contributed by atoms with van der Waals surface area (Å²) in [5.41, 5.74) is 2.42. The van der Waals surface area contributed by atoms with Gasteiger partial charge >= 0.3 is 0 Å². The van der Waals surface area contributed by atoms with Crippen LogP contribution in [0.25, 0.3) is 0 Å². The van der Waals surface area contributed by atoms with Crippen molar-refractivity contribution >= 4 is 11.8 Å². The summed E-state index contributed by atoms with van der Waals surface area (Å²) in [6.07, 6.45) is 0. The number of nitrogens with one attached hydrogen (secondary N) is 1. The van der Waals surface area contributed by atoms with Gasteiger partial charge in [0, 0.05) is 19.2 Å². The number of nitrogens with zero attached hydrogens (tertiary/aromatic N) is 1. The van der Waals surface area contributed by atoms with Crippen molar-refractivity contribution in [2.45, 2.75) is 13.5 Å². The molecule has 6 heteroatoms. The highest BCUT2D eigenvalue weighted by atomic mass is 19.1. The van der Waals surface area contributed by atoms with Crippen LogP contribution in [0.15, 0.2) is 36.4 Å². The van der Waals surface area contributed by atoms with Crippen LogP contribution in [0.5, 0.6) is 5.75 Å². The maximum absolute atomic E-state index is 13.2. The van der Waals surface area contributed by atoms with Crippen LogP contribution in [0.3, 0.4) is 0 Å². The first kappa shape index (κ1) is 17.0. The zero-order valence-corrected chi connectivity index (χ0v) is 14.1. The quantitative estimate of drug-likeness (QED) is 0.932. The van der Waals surface area contributed by atoms with E-state index in [1.807, 2.05) is 0 Å². The van der Waals surface area contributed by atoms with E-state index >= 15 is 0 Å². The molecule has 25 heavy (non-hydrogen) atoms. The molecule has 2 aromatic carbocycles. The van der Waals surface area contributed by atoms with Crippen molar-refractivity contribution in [1.29, 1.82) is 0 Å². The van der Waals surface area contributed by atoms with Gasteiger partial charge in [0.2, 0.25) is 0 Å². The van der Waals surface area contributed by atoms with E-state index in [0.717, 1.165) is 11.1 Å². The third-order valence-electron chi connectivity index (χ3n) is 4.18. The van der Waals surface area contributed by atoms with Gasteiger partial charge in [-0.05, 0) is 48.4 Å². The molecule has 1 aliphatic rings. The minimum Gasteiger partial charge on any atom is -0.491 e. The van der Waals surface area contributed by atoms with Gasteiger partial charge < -0.3 is 15.0 Å². The first-order chi connectivity index (χ1) is 12.0. The molecule has 0 spiro atoms. The summed E-state index contributed by atoms with van der Waals surface area (Å²) in [5, 5.41) is 2.72. The monoisotopic (exact) mass is 342 g/mol. The van der Waals surface area contributed by atoms with Crippen LogP contribution in [0.2, 0.25) is 0 Å². The van der Waals surface area contributed by atoms with Gasteiger partial charge in [0.15, 0.2) is 0 Å². The molecule has 0 aliphatic carbocycles. The number of halogens is 1. The number of benzene rings is 2. The smallest absolute Gasteiger partial charge is 0.255 e. The molecule has 1 aliphatic heterocycles. The van der Waals surface area contributed by atoms with Crippen LogP contribution in [0.4, 0.5) is 4.39 Å². The fraction of sp³-hybridized carbons (Fsp3) is 0.263. The Morgan fingerprint density at radius 3 is 2.84 bits per heavy atom.